The second kappa shape index (κ2) is 13.1. The Kier molecular flexibility index (Phi) is 9.33. The maximum absolute atomic E-state index is 14.5. The summed E-state index contributed by atoms with van der Waals surface area (Å²) >= 11 is 0. The number of nitrogens with one attached hydrogen (secondary N) is 1. The van der Waals surface area contributed by atoms with E-state index in [4.69, 9.17) is 0 Å². The number of hydrogen-bond donors (Lipinski definition) is 2. The van der Waals surface area contributed by atoms with Gasteiger partial charge in [-0.15, -0.1) is 0 Å². The minimum absolute atomic E-state index is 0.0660. The van der Waals surface area contributed by atoms with Crippen LogP contribution in [-0.2, 0) is 15.6 Å². The molecule has 0 bridgehead atoms. The van der Waals surface area contributed by atoms with Crippen LogP contribution in [-0.4, -0.2) is 16.3 Å². The topological polar surface area (TPSA) is 52.6 Å². The van der Waals surface area contributed by atoms with Crippen LogP contribution in [0.2, 0.25) is 0 Å². The van der Waals surface area contributed by atoms with Gasteiger partial charge in [-0.25, -0.2) is 0 Å². The normalized spacial score (nSPS) is 12.0. The molecule has 4 nitrogen and oxygen atoms in total. The Morgan fingerprint density at radius 2 is 1.04 bits per heavy atom. The number of benzene rings is 5. The number of carbonyl (C=O) groups is 1. The van der Waals surface area contributed by atoms with E-state index in [0.29, 0.717) is 11.1 Å². The van der Waals surface area contributed by atoms with E-state index in [1.807, 2.05) is 96.0 Å². The second-order valence-corrected chi connectivity index (χ2v) is 17.1. The van der Waals surface area contributed by atoms with Gasteiger partial charge in [0.2, 0.25) is 0 Å². The number of carbonyl (C=O) groups excluding carboxylic acids is 1. The van der Waals surface area contributed by atoms with Gasteiger partial charge in [0.15, 0.2) is 5.78 Å². The second-order valence-electron chi connectivity index (χ2n) is 13.8. The van der Waals surface area contributed by atoms with E-state index in [0.717, 1.165) is 32.7 Å². The van der Waals surface area contributed by atoms with Crippen LogP contribution in [0.4, 0.5) is 11.4 Å². The zero-order valence-electron chi connectivity index (χ0n) is 28.0. The third kappa shape index (κ3) is 6.41. The largest absolute Gasteiger partial charge is 0.505 e. The van der Waals surface area contributed by atoms with Gasteiger partial charge in [0.25, 0.3) is 0 Å². The molecule has 5 rings (SSSR count). The third-order valence-electron chi connectivity index (χ3n) is 8.31. The first-order valence-corrected chi connectivity index (χ1v) is 17.6. The summed E-state index contributed by atoms with van der Waals surface area (Å²) in [7, 11) is 0. The molecule has 0 heterocycles. The van der Waals surface area contributed by atoms with E-state index in [9.17, 15) is 9.90 Å². The van der Waals surface area contributed by atoms with Crippen LogP contribution in [0.5, 0.6) is 5.75 Å². The van der Waals surface area contributed by atoms with Crippen molar-refractivity contribution in [2.24, 2.45) is 0 Å². The number of anilines is 2. The lowest BCUT2D eigenvalue weighted by Gasteiger charge is -2.38. The molecule has 0 radical (unpaired) electrons. The molecule has 0 unspecified atom stereocenters. The van der Waals surface area contributed by atoms with Gasteiger partial charge < -0.3 is 5.11 Å². The molecule has 0 aliphatic carbocycles. The van der Waals surface area contributed by atoms with Crippen LogP contribution in [0.15, 0.2) is 133 Å². The first kappa shape index (κ1) is 32.9. The molecule has 5 aromatic rings. The van der Waals surface area contributed by atoms with Crippen molar-refractivity contribution >= 4 is 45.4 Å². The molecule has 5 heteroatoms. The molecule has 0 atom stereocenters. The van der Waals surface area contributed by atoms with E-state index < -0.39 is 6.89 Å². The monoisotopic (exact) mass is 628 g/mol. The molecule has 0 saturated carbocycles. The van der Waals surface area contributed by atoms with Gasteiger partial charge >= 0.3 is 0 Å². The maximum atomic E-state index is 14.5. The van der Waals surface area contributed by atoms with E-state index in [1.165, 1.54) is 0 Å². The average Bonchev–Trinajstić information content (AvgIpc) is 3.04. The van der Waals surface area contributed by atoms with Crippen molar-refractivity contribution in [3.8, 4) is 5.75 Å². The lowest BCUT2D eigenvalue weighted by atomic mass is 9.80. The average molecular weight is 629 g/mol. The molecule has 0 aliphatic heterocycles. The molecule has 0 spiro atoms. The van der Waals surface area contributed by atoms with E-state index in [2.05, 4.69) is 89.4 Å². The highest BCUT2D eigenvalue weighted by Gasteiger charge is 2.36. The summed E-state index contributed by atoms with van der Waals surface area (Å²) in [5, 5.41) is 17.0. The van der Waals surface area contributed by atoms with Crippen molar-refractivity contribution in [2.45, 2.75) is 59.3 Å². The van der Waals surface area contributed by atoms with Crippen molar-refractivity contribution in [3.05, 3.63) is 145 Å². The Bertz CT molecular complexity index is 1750. The van der Waals surface area contributed by atoms with Crippen LogP contribution in [0, 0.1) is 0 Å². The first-order valence-electron chi connectivity index (χ1n) is 15.8. The lowest BCUT2D eigenvalue weighted by molar-refractivity contribution is -0.111. The van der Waals surface area contributed by atoms with Crippen molar-refractivity contribution in [2.75, 3.05) is 10.4 Å². The van der Waals surface area contributed by atoms with Crippen LogP contribution in [0.3, 0.4) is 0 Å². The lowest BCUT2D eigenvalue weighted by Crippen LogP contribution is -2.46. The minimum Gasteiger partial charge on any atom is -0.505 e. The van der Waals surface area contributed by atoms with Crippen LogP contribution >= 0.6 is 6.89 Å². The third-order valence-corrected chi connectivity index (χ3v) is 12.7. The molecular weight excluding hydrogens is 583 g/mol. The fourth-order valence-electron chi connectivity index (χ4n) is 5.97. The van der Waals surface area contributed by atoms with Gasteiger partial charge in [0, 0.05) is 19.4 Å². The Labute approximate surface area is 274 Å². The Hall–Kier alpha value is -4.53. The van der Waals surface area contributed by atoms with Crippen molar-refractivity contribution in [1.29, 1.82) is 0 Å². The van der Waals surface area contributed by atoms with Gasteiger partial charge in [0.1, 0.15) is 11.2 Å². The minimum atomic E-state index is -2.83. The van der Waals surface area contributed by atoms with Crippen LogP contribution in [0.1, 0.15) is 59.6 Å². The predicted octanol–water partition coefficient (Wildman–Crippen LogP) is 8.53. The quantitative estimate of drug-likeness (QED) is 0.103. The Morgan fingerprint density at radius 1 is 0.630 bits per heavy atom. The van der Waals surface area contributed by atoms with Gasteiger partial charge in [-0.3, -0.25) is 15.2 Å². The molecule has 2 N–H and O–H groups in total. The highest BCUT2D eigenvalue weighted by molar-refractivity contribution is 7.96. The van der Waals surface area contributed by atoms with E-state index in [-0.39, 0.29) is 22.4 Å². The summed E-state index contributed by atoms with van der Waals surface area (Å²) in [5.74, 6) is 0.108. The fraction of sp³-hybridized carbons (Fsp3) is 0.220. The molecule has 236 valence electrons. The van der Waals surface area contributed by atoms with Gasteiger partial charge in [0.05, 0.1) is 11.4 Å². The molecule has 5 aromatic carbocycles. The van der Waals surface area contributed by atoms with Crippen molar-refractivity contribution < 1.29 is 9.90 Å². The van der Waals surface area contributed by atoms with Gasteiger partial charge in [-0.2, -0.15) is 0 Å². The predicted molar refractivity (Wildman–Crippen MR) is 199 cm³/mol. The van der Waals surface area contributed by atoms with Crippen LogP contribution in [0.25, 0.3) is 0 Å². The summed E-state index contributed by atoms with van der Waals surface area (Å²) in [6.07, 6.45) is 0. The number of ketones is 1. The zero-order chi connectivity index (χ0) is 33.1. The van der Waals surface area contributed by atoms with Crippen molar-refractivity contribution in [3.63, 3.8) is 0 Å². The summed E-state index contributed by atoms with van der Waals surface area (Å²) in [4.78, 5) is 14.5. The summed E-state index contributed by atoms with van der Waals surface area (Å²) in [5.41, 5.74) is 7.02. The number of para-hydroxylation sites is 1. The van der Waals surface area contributed by atoms with E-state index >= 15 is 0 Å². The summed E-state index contributed by atoms with van der Waals surface area (Å²) < 4.78 is 0. The SMILES string of the molecule is CC(=O)C(N(Nc1cc(C(C)(C)C)cc(C(C)(C)C)c1O)c1ccccc1)=P(c1ccccc1)(c1ccccc1)c1ccccc1. The molecule has 0 aromatic heterocycles. The maximum Gasteiger partial charge on any atom is 0.179 e. The Morgan fingerprint density at radius 3 is 1.41 bits per heavy atom. The molecule has 0 amide bonds. The number of hydrazine groups is 1. The van der Waals surface area contributed by atoms with E-state index in [1.54, 1.807) is 6.92 Å². The summed E-state index contributed by atoms with van der Waals surface area (Å²) in [6, 6.07) is 45.2. The number of phenols is 1. The zero-order valence-corrected chi connectivity index (χ0v) is 28.8. The highest BCUT2D eigenvalue weighted by Crippen LogP contribution is 2.48. The first-order chi connectivity index (χ1) is 21.8. The van der Waals surface area contributed by atoms with Crippen molar-refractivity contribution in [1.82, 2.24) is 0 Å². The molecule has 0 fully saturated rings. The molecule has 46 heavy (non-hydrogen) atoms. The smallest absolute Gasteiger partial charge is 0.179 e. The fourth-order valence-corrected chi connectivity index (χ4v) is 10.4. The molecule has 0 saturated heterocycles. The number of hydrogen-bond acceptors (Lipinski definition) is 3. The summed E-state index contributed by atoms with van der Waals surface area (Å²) in [6.45, 7) is 11.7. The number of rotatable bonds is 8. The number of aromatic hydroxyl groups is 1. The number of nitrogens with zero attached hydrogens (tertiary/aromatic N) is 1. The highest BCUT2D eigenvalue weighted by atomic mass is 31.2. The van der Waals surface area contributed by atoms with Gasteiger partial charge in [-0.05, 0) is 50.5 Å². The number of Topliss-reactive ketones (excluding diaryl/α,β-unsaturated/α-hetero) is 1. The molecule has 0 aliphatic rings. The molecular formula is C41H45N2O2P. The van der Waals surface area contributed by atoms with Crippen LogP contribution < -0.4 is 26.3 Å². The Balaban J connectivity index is 1.98. The van der Waals surface area contributed by atoms with Gasteiger partial charge in [-0.1, -0.05) is 157 Å². The number of phenolic OH excluding ortho intramolecular Hbond substituents is 1. The standard InChI is InChI=1S/C41H45N2O2P/c1-30(44)39(46(33-22-14-9-15-23-33,34-24-16-10-17-25-34)35-26-18-11-19-27-35)43(32-20-12-8-13-21-32)42-37-29-31(40(2,3)4)28-36(38(37)45)41(5,6)7/h8-29,42,45H,1-7H3.